The highest BCUT2D eigenvalue weighted by atomic mass is 16.1. The van der Waals surface area contributed by atoms with E-state index in [1.54, 1.807) is 0 Å². The van der Waals surface area contributed by atoms with Crippen LogP contribution in [0.2, 0.25) is 0 Å². The smallest absolute Gasteiger partial charge is 0.224 e. The molecule has 1 aliphatic carbocycles. The molecule has 0 bridgehead atoms. The molecule has 0 radical (unpaired) electrons. The molecule has 1 aromatic rings. The van der Waals surface area contributed by atoms with Crippen LogP contribution in [0.4, 0.5) is 5.69 Å². The molecule has 0 spiro atoms. The molecule has 0 heterocycles. The van der Waals surface area contributed by atoms with E-state index in [-0.39, 0.29) is 5.91 Å². The van der Waals surface area contributed by atoms with E-state index in [4.69, 9.17) is 5.73 Å². The lowest BCUT2D eigenvalue weighted by Crippen LogP contribution is -2.32. The van der Waals surface area contributed by atoms with Crippen molar-refractivity contribution in [2.75, 3.05) is 12.3 Å². The second kappa shape index (κ2) is 6.60. The zero-order valence-corrected chi connectivity index (χ0v) is 11.7. The summed E-state index contributed by atoms with van der Waals surface area (Å²) in [5, 5.41) is 3.06. The summed E-state index contributed by atoms with van der Waals surface area (Å²) in [6.07, 6.45) is 5.57. The number of amides is 1. The number of benzene rings is 1. The Kier molecular flexibility index (Phi) is 4.83. The van der Waals surface area contributed by atoms with E-state index < -0.39 is 0 Å². The van der Waals surface area contributed by atoms with Crippen molar-refractivity contribution in [1.29, 1.82) is 0 Å². The molecule has 104 valence electrons. The van der Waals surface area contributed by atoms with E-state index in [1.165, 1.54) is 25.7 Å². The van der Waals surface area contributed by atoms with E-state index in [0.29, 0.717) is 18.0 Å². The molecular formula is C16H24N2O. The highest BCUT2D eigenvalue weighted by molar-refractivity contribution is 5.78. The summed E-state index contributed by atoms with van der Waals surface area (Å²) in [7, 11) is 0. The third kappa shape index (κ3) is 4.58. The van der Waals surface area contributed by atoms with Crippen LogP contribution >= 0.6 is 0 Å². The normalized spacial score (nSPS) is 23.0. The van der Waals surface area contributed by atoms with E-state index in [1.807, 2.05) is 24.3 Å². The minimum Gasteiger partial charge on any atom is -0.399 e. The summed E-state index contributed by atoms with van der Waals surface area (Å²) in [5.41, 5.74) is 7.40. The maximum Gasteiger partial charge on any atom is 0.224 e. The van der Waals surface area contributed by atoms with Gasteiger partial charge in [0.15, 0.2) is 0 Å². The Morgan fingerprint density at radius 3 is 3.00 bits per heavy atom. The van der Waals surface area contributed by atoms with Gasteiger partial charge in [-0.2, -0.15) is 0 Å². The van der Waals surface area contributed by atoms with Gasteiger partial charge in [-0.05, 0) is 42.4 Å². The van der Waals surface area contributed by atoms with Crippen molar-refractivity contribution in [3.05, 3.63) is 29.8 Å². The van der Waals surface area contributed by atoms with E-state index in [0.717, 1.165) is 18.0 Å². The summed E-state index contributed by atoms with van der Waals surface area (Å²) in [4.78, 5) is 11.9. The van der Waals surface area contributed by atoms with Crippen molar-refractivity contribution in [1.82, 2.24) is 5.32 Å². The lowest BCUT2D eigenvalue weighted by Gasteiger charge is -2.26. The molecule has 1 aromatic carbocycles. The molecule has 1 amide bonds. The van der Waals surface area contributed by atoms with E-state index in [2.05, 4.69) is 12.2 Å². The average Bonchev–Trinajstić information content (AvgIpc) is 2.36. The number of nitrogen functional groups attached to an aromatic ring is 1. The van der Waals surface area contributed by atoms with Gasteiger partial charge in [-0.25, -0.2) is 0 Å². The molecular weight excluding hydrogens is 236 g/mol. The minimum absolute atomic E-state index is 0.101. The van der Waals surface area contributed by atoms with Crippen LogP contribution in [-0.4, -0.2) is 12.5 Å². The number of anilines is 1. The third-order valence-corrected chi connectivity index (χ3v) is 3.95. The van der Waals surface area contributed by atoms with Gasteiger partial charge in [0.05, 0.1) is 6.42 Å². The summed E-state index contributed by atoms with van der Waals surface area (Å²) in [6.45, 7) is 3.13. The largest absolute Gasteiger partial charge is 0.399 e. The molecule has 1 saturated carbocycles. The van der Waals surface area contributed by atoms with Gasteiger partial charge in [0.1, 0.15) is 0 Å². The van der Waals surface area contributed by atoms with Gasteiger partial charge in [0.25, 0.3) is 0 Å². The van der Waals surface area contributed by atoms with Crippen LogP contribution in [0.25, 0.3) is 0 Å². The van der Waals surface area contributed by atoms with Gasteiger partial charge in [-0.1, -0.05) is 31.9 Å². The van der Waals surface area contributed by atoms with Crippen LogP contribution in [0.15, 0.2) is 24.3 Å². The van der Waals surface area contributed by atoms with Crippen LogP contribution in [0.5, 0.6) is 0 Å². The number of nitrogens with one attached hydrogen (secondary N) is 1. The average molecular weight is 260 g/mol. The molecule has 19 heavy (non-hydrogen) atoms. The van der Waals surface area contributed by atoms with Gasteiger partial charge in [-0.15, -0.1) is 0 Å². The highest BCUT2D eigenvalue weighted by Crippen LogP contribution is 2.27. The first-order chi connectivity index (χ1) is 9.13. The fourth-order valence-corrected chi connectivity index (χ4v) is 2.95. The Balaban J connectivity index is 1.75. The monoisotopic (exact) mass is 260 g/mol. The Hall–Kier alpha value is -1.51. The maximum absolute atomic E-state index is 11.9. The molecule has 3 heteroatoms. The summed E-state index contributed by atoms with van der Waals surface area (Å²) < 4.78 is 0. The molecule has 0 aromatic heterocycles. The minimum atomic E-state index is 0.101. The molecule has 1 fully saturated rings. The second-order valence-electron chi connectivity index (χ2n) is 5.86. The molecule has 3 nitrogen and oxygen atoms in total. The zero-order chi connectivity index (χ0) is 13.7. The Morgan fingerprint density at radius 1 is 1.42 bits per heavy atom. The van der Waals surface area contributed by atoms with E-state index in [9.17, 15) is 4.79 Å². The molecule has 0 saturated heterocycles. The zero-order valence-electron chi connectivity index (χ0n) is 11.7. The van der Waals surface area contributed by atoms with Crippen molar-refractivity contribution in [3.8, 4) is 0 Å². The van der Waals surface area contributed by atoms with Crippen LogP contribution in [0.1, 0.15) is 38.2 Å². The first kappa shape index (κ1) is 13.9. The summed E-state index contributed by atoms with van der Waals surface area (Å²) in [6, 6.07) is 7.53. The van der Waals surface area contributed by atoms with Gasteiger partial charge < -0.3 is 11.1 Å². The number of hydrogen-bond donors (Lipinski definition) is 2. The van der Waals surface area contributed by atoms with Crippen LogP contribution in [0, 0.1) is 11.8 Å². The SMILES string of the molecule is CC1CCCC(CNC(=O)Cc2cccc(N)c2)C1. The van der Waals surface area contributed by atoms with Crippen molar-refractivity contribution < 1.29 is 4.79 Å². The Morgan fingerprint density at radius 2 is 2.26 bits per heavy atom. The highest BCUT2D eigenvalue weighted by Gasteiger charge is 2.19. The van der Waals surface area contributed by atoms with Gasteiger partial charge in [-0.3, -0.25) is 4.79 Å². The number of carbonyl (C=O) groups excluding carboxylic acids is 1. The van der Waals surface area contributed by atoms with Crippen molar-refractivity contribution >= 4 is 11.6 Å². The molecule has 2 rings (SSSR count). The van der Waals surface area contributed by atoms with Crippen molar-refractivity contribution in [2.45, 2.75) is 39.0 Å². The van der Waals surface area contributed by atoms with Gasteiger partial charge >= 0.3 is 0 Å². The fraction of sp³-hybridized carbons (Fsp3) is 0.562. The van der Waals surface area contributed by atoms with Crippen molar-refractivity contribution in [3.63, 3.8) is 0 Å². The lowest BCUT2D eigenvalue weighted by atomic mass is 9.82. The maximum atomic E-state index is 11.9. The van der Waals surface area contributed by atoms with Crippen LogP contribution in [-0.2, 0) is 11.2 Å². The summed E-state index contributed by atoms with van der Waals surface area (Å²) in [5.74, 6) is 1.57. The van der Waals surface area contributed by atoms with Crippen molar-refractivity contribution in [2.24, 2.45) is 11.8 Å². The molecule has 2 unspecified atom stereocenters. The van der Waals surface area contributed by atoms with Crippen LogP contribution < -0.4 is 11.1 Å². The Labute approximate surface area is 115 Å². The number of carbonyl (C=O) groups is 1. The first-order valence-corrected chi connectivity index (χ1v) is 7.24. The van der Waals surface area contributed by atoms with Gasteiger partial charge in [0, 0.05) is 12.2 Å². The second-order valence-corrected chi connectivity index (χ2v) is 5.86. The number of nitrogens with two attached hydrogens (primary N) is 1. The predicted molar refractivity (Wildman–Crippen MR) is 78.7 cm³/mol. The van der Waals surface area contributed by atoms with Gasteiger partial charge in [0.2, 0.25) is 5.91 Å². The van der Waals surface area contributed by atoms with E-state index >= 15 is 0 Å². The number of hydrogen-bond acceptors (Lipinski definition) is 2. The molecule has 0 aliphatic heterocycles. The molecule has 1 aliphatic rings. The first-order valence-electron chi connectivity index (χ1n) is 7.24. The van der Waals surface area contributed by atoms with Crippen LogP contribution in [0.3, 0.4) is 0 Å². The standard InChI is InChI=1S/C16H24N2O/c1-12-4-2-6-14(8-12)11-18-16(19)10-13-5-3-7-15(17)9-13/h3,5,7,9,12,14H,2,4,6,8,10-11,17H2,1H3,(H,18,19). The third-order valence-electron chi connectivity index (χ3n) is 3.95. The Bertz CT molecular complexity index is 431. The predicted octanol–water partition coefficient (Wildman–Crippen LogP) is 2.75. The lowest BCUT2D eigenvalue weighted by molar-refractivity contribution is -0.120. The molecule has 3 N–H and O–H groups in total. The summed E-state index contributed by atoms with van der Waals surface area (Å²) >= 11 is 0. The topological polar surface area (TPSA) is 55.1 Å². The quantitative estimate of drug-likeness (QED) is 0.818. The number of rotatable bonds is 4. The molecule has 2 atom stereocenters. The fourth-order valence-electron chi connectivity index (χ4n) is 2.95.